The Morgan fingerprint density at radius 3 is 2.58 bits per heavy atom. The second-order valence-electron chi connectivity index (χ2n) is 9.49. The van der Waals surface area contributed by atoms with Gasteiger partial charge in [-0.1, -0.05) is 32.3 Å². The number of carbonyl (C=O) groups excluding carboxylic acids is 2. The van der Waals surface area contributed by atoms with Crippen LogP contribution in [0.15, 0.2) is 12.1 Å². The van der Waals surface area contributed by atoms with Gasteiger partial charge in [0.2, 0.25) is 5.91 Å². The van der Waals surface area contributed by atoms with Crippen LogP contribution in [0, 0.1) is 5.92 Å². The molecule has 0 aromatic carbocycles. The number of aromatic nitrogens is 1. The van der Waals surface area contributed by atoms with Crippen LogP contribution in [0.4, 0.5) is 4.79 Å². The van der Waals surface area contributed by atoms with E-state index in [2.05, 4.69) is 19.1 Å². The van der Waals surface area contributed by atoms with Crippen LogP contribution in [0.1, 0.15) is 87.6 Å². The normalized spacial score (nSPS) is 20.0. The number of fused-ring (bicyclic) bond motifs is 1. The van der Waals surface area contributed by atoms with Gasteiger partial charge in [-0.3, -0.25) is 9.78 Å². The molecule has 1 aliphatic carbocycles. The lowest BCUT2D eigenvalue weighted by Gasteiger charge is -2.32. The van der Waals surface area contributed by atoms with Crippen LogP contribution in [0.2, 0.25) is 0 Å². The zero-order valence-corrected chi connectivity index (χ0v) is 19.0. The van der Waals surface area contributed by atoms with Gasteiger partial charge in [0.25, 0.3) is 0 Å². The SMILES string of the molecule is CCCCOC(=O)N1CCC(c2ccc3c(n2)CCN(C(=O)CC2CCCC2)C3)CC1. The van der Waals surface area contributed by atoms with E-state index in [1.165, 1.54) is 31.2 Å². The molecule has 0 N–H and O–H groups in total. The van der Waals surface area contributed by atoms with E-state index in [1.54, 1.807) is 0 Å². The molecule has 2 amide bonds. The van der Waals surface area contributed by atoms with Gasteiger partial charge in [0.1, 0.15) is 0 Å². The molecule has 3 heterocycles. The monoisotopic (exact) mass is 427 g/mol. The van der Waals surface area contributed by atoms with Crippen molar-refractivity contribution in [3.05, 3.63) is 29.1 Å². The number of hydrogen-bond donors (Lipinski definition) is 0. The third kappa shape index (κ3) is 5.58. The molecule has 1 saturated carbocycles. The Balaban J connectivity index is 1.28. The molecule has 0 radical (unpaired) electrons. The van der Waals surface area contributed by atoms with Crippen LogP contribution in [0.3, 0.4) is 0 Å². The maximum absolute atomic E-state index is 12.7. The number of unbranched alkanes of at least 4 members (excludes halogenated alkanes) is 1. The van der Waals surface area contributed by atoms with Gasteiger partial charge in [0, 0.05) is 56.3 Å². The molecule has 0 bridgehead atoms. The minimum Gasteiger partial charge on any atom is -0.449 e. The van der Waals surface area contributed by atoms with Crippen LogP contribution >= 0.6 is 0 Å². The van der Waals surface area contributed by atoms with Crippen LogP contribution in [-0.2, 0) is 22.5 Å². The van der Waals surface area contributed by atoms with Crippen molar-refractivity contribution in [1.82, 2.24) is 14.8 Å². The number of carbonyl (C=O) groups is 2. The number of amides is 2. The molecule has 2 aliphatic heterocycles. The number of nitrogens with zero attached hydrogens (tertiary/aromatic N) is 3. The minimum absolute atomic E-state index is 0.173. The summed E-state index contributed by atoms with van der Waals surface area (Å²) < 4.78 is 5.35. The van der Waals surface area contributed by atoms with E-state index >= 15 is 0 Å². The van der Waals surface area contributed by atoms with Crippen molar-refractivity contribution < 1.29 is 14.3 Å². The highest BCUT2D eigenvalue weighted by atomic mass is 16.6. The van der Waals surface area contributed by atoms with Crippen molar-refractivity contribution in [2.24, 2.45) is 5.92 Å². The van der Waals surface area contributed by atoms with Crippen LogP contribution in [0.25, 0.3) is 0 Å². The smallest absolute Gasteiger partial charge is 0.409 e. The summed E-state index contributed by atoms with van der Waals surface area (Å²) in [6.07, 6.45) is 10.2. The third-order valence-electron chi connectivity index (χ3n) is 7.26. The molecule has 3 aliphatic rings. The standard InChI is InChI=1S/C25H37N3O3/c1-2-3-16-31-25(30)27-13-10-20(11-14-27)22-9-8-21-18-28(15-12-23(21)26-22)24(29)17-19-6-4-5-7-19/h8-9,19-20H,2-7,10-18H2,1H3. The average Bonchev–Trinajstić information content (AvgIpc) is 3.31. The van der Waals surface area contributed by atoms with E-state index < -0.39 is 0 Å². The van der Waals surface area contributed by atoms with Gasteiger partial charge in [-0.15, -0.1) is 0 Å². The molecule has 6 heteroatoms. The summed E-state index contributed by atoms with van der Waals surface area (Å²) in [7, 11) is 0. The summed E-state index contributed by atoms with van der Waals surface area (Å²) in [5.74, 6) is 1.32. The maximum Gasteiger partial charge on any atom is 0.409 e. The maximum atomic E-state index is 12.7. The zero-order valence-electron chi connectivity index (χ0n) is 19.0. The predicted molar refractivity (Wildman–Crippen MR) is 120 cm³/mol. The molecule has 2 fully saturated rings. The molecule has 31 heavy (non-hydrogen) atoms. The van der Waals surface area contributed by atoms with Crippen LogP contribution < -0.4 is 0 Å². The Morgan fingerprint density at radius 2 is 1.84 bits per heavy atom. The van der Waals surface area contributed by atoms with Gasteiger partial charge in [0.15, 0.2) is 0 Å². The van der Waals surface area contributed by atoms with E-state index in [-0.39, 0.29) is 6.09 Å². The molecule has 1 aromatic heterocycles. The molecule has 4 rings (SSSR count). The van der Waals surface area contributed by atoms with Crippen LogP contribution in [0.5, 0.6) is 0 Å². The number of ether oxygens (including phenoxy) is 1. The summed E-state index contributed by atoms with van der Waals surface area (Å²) in [4.78, 5) is 33.7. The molecule has 6 nitrogen and oxygen atoms in total. The van der Waals surface area contributed by atoms with Gasteiger partial charge in [-0.25, -0.2) is 4.79 Å². The summed E-state index contributed by atoms with van der Waals surface area (Å²) >= 11 is 0. The first kappa shape index (κ1) is 22.1. The first-order valence-corrected chi connectivity index (χ1v) is 12.3. The minimum atomic E-state index is -0.173. The Bertz CT molecular complexity index is 767. The molecule has 170 valence electrons. The van der Waals surface area contributed by atoms with Crippen molar-refractivity contribution >= 4 is 12.0 Å². The predicted octanol–water partition coefficient (Wildman–Crippen LogP) is 4.66. The van der Waals surface area contributed by atoms with E-state index in [4.69, 9.17) is 9.72 Å². The summed E-state index contributed by atoms with van der Waals surface area (Å²) in [6, 6.07) is 4.32. The van der Waals surface area contributed by atoms with Gasteiger partial charge in [-0.05, 0) is 49.7 Å². The highest BCUT2D eigenvalue weighted by Gasteiger charge is 2.28. The van der Waals surface area contributed by atoms with Crippen molar-refractivity contribution in [3.63, 3.8) is 0 Å². The van der Waals surface area contributed by atoms with Gasteiger partial charge in [-0.2, -0.15) is 0 Å². The van der Waals surface area contributed by atoms with E-state index in [1.807, 2.05) is 9.80 Å². The number of likely N-dealkylation sites (tertiary alicyclic amines) is 1. The van der Waals surface area contributed by atoms with Gasteiger partial charge in [0.05, 0.1) is 6.61 Å². The molecular weight excluding hydrogens is 390 g/mol. The van der Waals surface area contributed by atoms with Crippen molar-refractivity contribution in [2.75, 3.05) is 26.2 Å². The van der Waals surface area contributed by atoms with E-state index in [0.29, 0.717) is 30.9 Å². The average molecular weight is 428 g/mol. The summed E-state index contributed by atoms with van der Waals surface area (Å²) in [6.45, 7) is 5.57. The lowest BCUT2D eigenvalue weighted by molar-refractivity contribution is -0.133. The second-order valence-corrected chi connectivity index (χ2v) is 9.49. The third-order valence-corrected chi connectivity index (χ3v) is 7.26. The van der Waals surface area contributed by atoms with Crippen molar-refractivity contribution in [1.29, 1.82) is 0 Å². The lowest BCUT2D eigenvalue weighted by Crippen LogP contribution is -2.39. The zero-order chi connectivity index (χ0) is 21.6. The second kappa shape index (κ2) is 10.5. The van der Waals surface area contributed by atoms with Crippen LogP contribution in [-0.4, -0.2) is 53.0 Å². The number of pyridine rings is 1. The summed E-state index contributed by atoms with van der Waals surface area (Å²) in [5.41, 5.74) is 3.50. The molecule has 1 saturated heterocycles. The Kier molecular flexibility index (Phi) is 7.46. The molecule has 0 atom stereocenters. The topological polar surface area (TPSA) is 62.7 Å². The fourth-order valence-corrected chi connectivity index (χ4v) is 5.22. The largest absolute Gasteiger partial charge is 0.449 e. The Hall–Kier alpha value is -2.11. The van der Waals surface area contributed by atoms with E-state index in [9.17, 15) is 9.59 Å². The molecule has 0 unspecified atom stereocenters. The van der Waals surface area contributed by atoms with Crippen molar-refractivity contribution in [2.45, 2.75) is 83.6 Å². The lowest BCUT2D eigenvalue weighted by atomic mass is 9.92. The highest BCUT2D eigenvalue weighted by Crippen LogP contribution is 2.31. The fourth-order valence-electron chi connectivity index (χ4n) is 5.22. The number of hydrogen-bond acceptors (Lipinski definition) is 4. The Morgan fingerprint density at radius 1 is 1.06 bits per heavy atom. The first-order chi connectivity index (χ1) is 15.1. The quantitative estimate of drug-likeness (QED) is 0.619. The van der Waals surface area contributed by atoms with E-state index in [0.717, 1.165) is 69.5 Å². The summed E-state index contributed by atoms with van der Waals surface area (Å²) in [5, 5.41) is 0. The van der Waals surface area contributed by atoms with Crippen molar-refractivity contribution in [3.8, 4) is 0 Å². The fraction of sp³-hybridized carbons (Fsp3) is 0.720. The highest BCUT2D eigenvalue weighted by molar-refractivity contribution is 5.76. The van der Waals surface area contributed by atoms with Gasteiger partial charge < -0.3 is 14.5 Å². The van der Waals surface area contributed by atoms with Gasteiger partial charge >= 0.3 is 6.09 Å². The number of rotatable bonds is 6. The molecule has 1 aromatic rings. The number of piperidine rings is 1. The molecule has 0 spiro atoms. The first-order valence-electron chi connectivity index (χ1n) is 12.3. The Labute approximate surface area is 186 Å². The molecular formula is C25H37N3O3.